The number of aliphatic imine (C=N–C) groups is 1. The molecule has 0 aliphatic carbocycles. The van der Waals surface area contributed by atoms with Crippen molar-refractivity contribution in [3.8, 4) is 5.75 Å². The fourth-order valence-corrected chi connectivity index (χ4v) is 3.51. The molecule has 8 nitrogen and oxygen atoms in total. The highest BCUT2D eigenvalue weighted by Crippen LogP contribution is 2.22. The monoisotopic (exact) mass is 575 g/mol. The zero-order chi connectivity index (χ0) is 22.8. The van der Waals surface area contributed by atoms with Crippen molar-refractivity contribution in [3.63, 3.8) is 0 Å². The van der Waals surface area contributed by atoms with E-state index in [0.29, 0.717) is 18.1 Å². The lowest BCUT2D eigenvalue weighted by Gasteiger charge is -2.34. The van der Waals surface area contributed by atoms with Gasteiger partial charge in [0.05, 0.1) is 6.54 Å². The number of guanidine groups is 1. The van der Waals surface area contributed by atoms with E-state index < -0.39 is 6.61 Å². The molecule has 1 fully saturated rings. The van der Waals surface area contributed by atoms with E-state index >= 15 is 0 Å². The Morgan fingerprint density at radius 1 is 1.15 bits per heavy atom. The number of piperazine rings is 1. The Hall–Kier alpha value is -2.28. The second kappa shape index (κ2) is 14.1. The van der Waals surface area contributed by atoms with Crippen LogP contribution in [-0.4, -0.2) is 73.3 Å². The first-order chi connectivity index (χ1) is 15.5. The Labute approximate surface area is 210 Å². The maximum absolute atomic E-state index is 12.7. The molecule has 0 amide bonds. The molecule has 2 aromatic rings. The highest BCUT2D eigenvalue weighted by atomic mass is 127. The lowest BCUT2D eigenvalue weighted by atomic mass is 10.1. The van der Waals surface area contributed by atoms with Crippen LogP contribution in [0.15, 0.2) is 41.7 Å². The van der Waals surface area contributed by atoms with Crippen LogP contribution in [0.25, 0.3) is 0 Å². The van der Waals surface area contributed by atoms with Crippen molar-refractivity contribution in [2.24, 2.45) is 4.99 Å². The van der Waals surface area contributed by atoms with E-state index in [4.69, 9.17) is 0 Å². The van der Waals surface area contributed by atoms with Gasteiger partial charge in [0, 0.05) is 63.8 Å². The van der Waals surface area contributed by atoms with Gasteiger partial charge in [-0.3, -0.25) is 4.90 Å². The number of hydrogen-bond acceptors (Lipinski definition) is 6. The van der Waals surface area contributed by atoms with E-state index in [-0.39, 0.29) is 36.3 Å². The van der Waals surface area contributed by atoms with Gasteiger partial charge in [-0.25, -0.2) is 15.0 Å². The molecule has 182 valence electrons. The number of ether oxygens (including phenoxy) is 1. The fraction of sp³-hybridized carbons (Fsp3) is 0.500. The van der Waals surface area contributed by atoms with Crippen molar-refractivity contribution in [2.45, 2.75) is 27.0 Å². The van der Waals surface area contributed by atoms with E-state index in [1.165, 1.54) is 0 Å². The molecule has 0 atom stereocenters. The number of rotatable bonds is 9. The molecule has 2 N–H and O–H groups in total. The summed E-state index contributed by atoms with van der Waals surface area (Å²) in [6.45, 7) is 7.23. The molecule has 1 aromatic heterocycles. The number of halogens is 3. The summed E-state index contributed by atoms with van der Waals surface area (Å²) >= 11 is 0. The van der Waals surface area contributed by atoms with Gasteiger partial charge in [-0.1, -0.05) is 17.7 Å². The van der Waals surface area contributed by atoms with Gasteiger partial charge in [-0.15, -0.1) is 24.0 Å². The molecule has 0 saturated carbocycles. The van der Waals surface area contributed by atoms with E-state index in [2.05, 4.69) is 40.1 Å². The van der Waals surface area contributed by atoms with Crippen LogP contribution in [0.4, 0.5) is 14.7 Å². The summed E-state index contributed by atoms with van der Waals surface area (Å²) in [5, 5.41) is 6.53. The van der Waals surface area contributed by atoms with Crippen LogP contribution in [0.1, 0.15) is 18.1 Å². The third-order valence-electron chi connectivity index (χ3n) is 5.11. The zero-order valence-electron chi connectivity index (χ0n) is 19.0. The fourth-order valence-electron chi connectivity index (χ4n) is 3.51. The summed E-state index contributed by atoms with van der Waals surface area (Å²) in [5.74, 6) is 1.58. The lowest BCUT2D eigenvalue weighted by Crippen LogP contribution is -2.49. The predicted octanol–water partition coefficient (Wildman–Crippen LogP) is 2.88. The Morgan fingerprint density at radius 3 is 2.55 bits per heavy atom. The first kappa shape index (κ1) is 27.0. The molecule has 1 aromatic carbocycles. The lowest BCUT2D eigenvalue weighted by molar-refractivity contribution is -0.0504. The van der Waals surface area contributed by atoms with Crippen LogP contribution in [0.3, 0.4) is 0 Å². The van der Waals surface area contributed by atoms with Gasteiger partial charge in [-0.05, 0) is 26.0 Å². The maximum Gasteiger partial charge on any atom is 0.387 e. The molecule has 0 radical (unpaired) electrons. The number of aryl methyl sites for hydroxylation is 1. The Kier molecular flexibility index (Phi) is 11.5. The van der Waals surface area contributed by atoms with Crippen molar-refractivity contribution in [1.82, 2.24) is 25.5 Å². The van der Waals surface area contributed by atoms with Crippen molar-refractivity contribution < 1.29 is 13.5 Å². The topological polar surface area (TPSA) is 77.9 Å². The molecule has 1 saturated heterocycles. The second-order valence-electron chi connectivity index (χ2n) is 7.49. The molecule has 0 bridgehead atoms. The molecule has 0 spiro atoms. The summed E-state index contributed by atoms with van der Waals surface area (Å²) in [4.78, 5) is 17.8. The molecular weight excluding hydrogens is 543 g/mol. The van der Waals surface area contributed by atoms with Crippen LogP contribution >= 0.6 is 24.0 Å². The number of alkyl halides is 2. The van der Waals surface area contributed by atoms with E-state index in [0.717, 1.165) is 50.8 Å². The van der Waals surface area contributed by atoms with Gasteiger partial charge in [0.1, 0.15) is 5.75 Å². The quantitative estimate of drug-likeness (QED) is 0.271. The average Bonchev–Trinajstić information content (AvgIpc) is 2.80. The molecule has 2 heterocycles. The van der Waals surface area contributed by atoms with Crippen LogP contribution in [0, 0.1) is 6.92 Å². The number of nitrogens with zero attached hydrogens (tertiary/aromatic N) is 5. The largest absolute Gasteiger partial charge is 0.434 e. The summed E-state index contributed by atoms with van der Waals surface area (Å²) in [7, 11) is 0. The van der Waals surface area contributed by atoms with Crippen molar-refractivity contribution in [1.29, 1.82) is 0 Å². The number of hydrogen-bond donors (Lipinski definition) is 2. The van der Waals surface area contributed by atoms with Gasteiger partial charge in [-0.2, -0.15) is 8.78 Å². The van der Waals surface area contributed by atoms with Gasteiger partial charge in [0.2, 0.25) is 5.95 Å². The maximum atomic E-state index is 12.7. The third kappa shape index (κ3) is 8.88. The molecule has 0 unspecified atom stereocenters. The van der Waals surface area contributed by atoms with Gasteiger partial charge >= 0.3 is 6.61 Å². The smallest absolute Gasteiger partial charge is 0.387 e. The van der Waals surface area contributed by atoms with Crippen LogP contribution in [0.5, 0.6) is 5.75 Å². The van der Waals surface area contributed by atoms with E-state index in [9.17, 15) is 8.78 Å². The Morgan fingerprint density at radius 2 is 1.88 bits per heavy atom. The van der Waals surface area contributed by atoms with Gasteiger partial charge < -0.3 is 20.3 Å². The van der Waals surface area contributed by atoms with E-state index in [1.807, 2.05) is 26.0 Å². The normalized spacial score (nSPS) is 14.7. The number of aromatic nitrogens is 2. The first-order valence-corrected chi connectivity index (χ1v) is 10.9. The SMILES string of the molecule is CCNC(=NCc1cc(C)ccc1OC(F)F)NCCN1CCN(c2ncccn2)CC1.I. The highest BCUT2D eigenvalue weighted by Gasteiger charge is 2.18. The molecular formula is C22H32F2IN7O. The number of nitrogens with one attached hydrogen (secondary N) is 2. The van der Waals surface area contributed by atoms with Crippen LogP contribution < -0.4 is 20.3 Å². The van der Waals surface area contributed by atoms with Crippen LogP contribution in [-0.2, 0) is 6.54 Å². The van der Waals surface area contributed by atoms with Gasteiger partial charge in [0.25, 0.3) is 0 Å². The molecule has 1 aliphatic rings. The minimum atomic E-state index is -2.86. The summed E-state index contributed by atoms with van der Waals surface area (Å²) in [5.41, 5.74) is 1.59. The van der Waals surface area contributed by atoms with E-state index in [1.54, 1.807) is 24.5 Å². The minimum Gasteiger partial charge on any atom is -0.434 e. The number of benzene rings is 1. The first-order valence-electron chi connectivity index (χ1n) is 10.9. The molecule has 3 rings (SSSR count). The standard InChI is InChI=1S/C22H31F2N7O.HI/c1-3-25-21(29-16-18-15-17(2)5-6-19(18)32-20(23)24)26-9-10-30-11-13-31(14-12-30)22-27-7-4-8-28-22;/h4-8,15,20H,3,9-14,16H2,1-2H3,(H2,25,26,29);1H. The predicted molar refractivity (Wildman–Crippen MR) is 137 cm³/mol. The van der Waals surface area contributed by atoms with Crippen molar-refractivity contribution in [2.75, 3.05) is 50.7 Å². The minimum absolute atomic E-state index is 0. The summed E-state index contributed by atoms with van der Waals surface area (Å²) in [6.07, 6.45) is 3.53. The molecule has 11 heteroatoms. The summed E-state index contributed by atoms with van der Waals surface area (Å²) < 4.78 is 30.0. The highest BCUT2D eigenvalue weighted by molar-refractivity contribution is 14.0. The van der Waals surface area contributed by atoms with Gasteiger partial charge in [0.15, 0.2) is 5.96 Å². The van der Waals surface area contributed by atoms with Crippen LogP contribution in [0.2, 0.25) is 0 Å². The Balaban J connectivity index is 0.00000385. The zero-order valence-corrected chi connectivity index (χ0v) is 21.3. The summed E-state index contributed by atoms with van der Waals surface area (Å²) in [6, 6.07) is 6.95. The third-order valence-corrected chi connectivity index (χ3v) is 5.11. The van der Waals surface area contributed by atoms with Crippen molar-refractivity contribution >= 4 is 35.9 Å². The molecule has 1 aliphatic heterocycles. The molecule has 33 heavy (non-hydrogen) atoms. The van der Waals surface area contributed by atoms with Crippen molar-refractivity contribution in [3.05, 3.63) is 47.8 Å². The average molecular weight is 575 g/mol. The Bertz CT molecular complexity index is 865. The number of anilines is 1. The second-order valence-corrected chi connectivity index (χ2v) is 7.49.